The molecule has 0 radical (unpaired) electrons. The van der Waals surface area contributed by atoms with Gasteiger partial charge in [-0.25, -0.2) is 0 Å². The van der Waals surface area contributed by atoms with Crippen molar-refractivity contribution in [3.05, 3.63) is 17.8 Å². The van der Waals surface area contributed by atoms with Gasteiger partial charge in [-0.05, 0) is 50.4 Å². The number of anilines is 1. The fourth-order valence-electron chi connectivity index (χ4n) is 2.50. The molecular weight excluding hydrogens is 212 g/mol. The van der Waals surface area contributed by atoms with Gasteiger partial charge in [-0.15, -0.1) is 5.10 Å². The zero-order valence-electron chi connectivity index (χ0n) is 10.2. The monoisotopic (exact) mass is 232 g/mol. The van der Waals surface area contributed by atoms with Gasteiger partial charge in [-0.3, -0.25) is 0 Å². The van der Waals surface area contributed by atoms with E-state index in [0.29, 0.717) is 5.92 Å². The molecule has 4 heteroatoms. The Morgan fingerprint density at radius 2 is 2.18 bits per heavy atom. The summed E-state index contributed by atoms with van der Waals surface area (Å²) in [4.78, 5) is 0. The van der Waals surface area contributed by atoms with Crippen LogP contribution in [0.2, 0.25) is 0 Å². The molecular formula is C13H20N4. The van der Waals surface area contributed by atoms with Crippen LogP contribution in [0.1, 0.15) is 37.3 Å². The van der Waals surface area contributed by atoms with Gasteiger partial charge in [-0.1, -0.05) is 6.42 Å². The Balaban J connectivity index is 1.52. The van der Waals surface area contributed by atoms with Crippen LogP contribution in [-0.4, -0.2) is 29.8 Å². The Morgan fingerprint density at radius 1 is 1.24 bits per heavy atom. The first-order valence-corrected chi connectivity index (χ1v) is 6.70. The molecule has 1 saturated heterocycles. The summed E-state index contributed by atoms with van der Waals surface area (Å²) in [5, 5.41) is 15.3. The molecule has 1 unspecified atom stereocenters. The first-order chi connectivity index (χ1) is 8.42. The zero-order valence-corrected chi connectivity index (χ0v) is 10.2. The molecule has 2 N–H and O–H groups in total. The van der Waals surface area contributed by atoms with E-state index in [2.05, 4.69) is 33.0 Å². The van der Waals surface area contributed by atoms with Gasteiger partial charge in [0.05, 0.1) is 5.69 Å². The highest BCUT2D eigenvalue weighted by Crippen LogP contribution is 2.34. The zero-order chi connectivity index (χ0) is 11.5. The van der Waals surface area contributed by atoms with Crippen molar-refractivity contribution in [3.63, 3.8) is 0 Å². The Hall–Kier alpha value is -1.16. The smallest absolute Gasteiger partial charge is 0.148 e. The molecule has 1 aliphatic carbocycles. The lowest BCUT2D eigenvalue weighted by atomic mass is 9.83. The summed E-state index contributed by atoms with van der Waals surface area (Å²) in [6.45, 7) is 3.28. The van der Waals surface area contributed by atoms with E-state index in [1.54, 1.807) is 0 Å². The SMILES string of the molecule is c1cc(C2CCC2)nnc1NCC1CCNC1. The average molecular weight is 232 g/mol. The Labute approximate surface area is 102 Å². The van der Waals surface area contributed by atoms with Gasteiger partial charge in [0.1, 0.15) is 5.82 Å². The summed E-state index contributed by atoms with van der Waals surface area (Å²) in [7, 11) is 0. The van der Waals surface area contributed by atoms with Crippen LogP contribution in [0.5, 0.6) is 0 Å². The van der Waals surface area contributed by atoms with Gasteiger partial charge >= 0.3 is 0 Å². The number of nitrogens with one attached hydrogen (secondary N) is 2. The quantitative estimate of drug-likeness (QED) is 0.830. The van der Waals surface area contributed by atoms with Gasteiger partial charge in [-0.2, -0.15) is 5.10 Å². The number of rotatable bonds is 4. The van der Waals surface area contributed by atoms with Crippen molar-refractivity contribution in [2.45, 2.75) is 31.6 Å². The first-order valence-electron chi connectivity index (χ1n) is 6.70. The number of hydrogen-bond donors (Lipinski definition) is 2. The number of nitrogens with zero attached hydrogens (tertiary/aromatic N) is 2. The van der Waals surface area contributed by atoms with Gasteiger partial charge in [0.25, 0.3) is 0 Å². The van der Waals surface area contributed by atoms with Crippen molar-refractivity contribution in [2.75, 3.05) is 25.0 Å². The van der Waals surface area contributed by atoms with Crippen LogP contribution >= 0.6 is 0 Å². The molecule has 4 nitrogen and oxygen atoms in total. The molecule has 3 rings (SSSR count). The van der Waals surface area contributed by atoms with Gasteiger partial charge in [0, 0.05) is 12.5 Å². The molecule has 0 amide bonds. The molecule has 0 aromatic carbocycles. The lowest BCUT2D eigenvalue weighted by Gasteiger charge is -2.24. The third-order valence-corrected chi connectivity index (χ3v) is 3.94. The first kappa shape index (κ1) is 11.0. The molecule has 92 valence electrons. The average Bonchev–Trinajstić information content (AvgIpc) is 2.79. The molecule has 2 fully saturated rings. The maximum atomic E-state index is 4.32. The maximum Gasteiger partial charge on any atom is 0.148 e. The highest BCUT2D eigenvalue weighted by molar-refractivity contribution is 5.33. The number of hydrogen-bond acceptors (Lipinski definition) is 4. The standard InChI is InChI=1S/C13H20N4/c1-2-11(3-1)12-4-5-13(17-16-12)15-9-10-6-7-14-8-10/h4-5,10-11,14H,1-3,6-9H2,(H,15,17). The van der Waals surface area contributed by atoms with E-state index in [9.17, 15) is 0 Å². The molecule has 2 heterocycles. The van der Waals surface area contributed by atoms with Crippen molar-refractivity contribution in [3.8, 4) is 0 Å². The second kappa shape index (κ2) is 5.00. The summed E-state index contributed by atoms with van der Waals surface area (Å²) in [5.74, 6) is 2.33. The van der Waals surface area contributed by atoms with E-state index in [0.717, 1.165) is 31.4 Å². The minimum atomic E-state index is 0.676. The molecule has 2 aliphatic rings. The van der Waals surface area contributed by atoms with Crippen molar-refractivity contribution in [1.29, 1.82) is 0 Å². The highest BCUT2D eigenvalue weighted by atomic mass is 15.2. The normalized spacial score (nSPS) is 24.6. The lowest BCUT2D eigenvalue weighted by Crippen LogP contribution is -2.18. The third kappa shape index (κ3) is 2.57. The van der Waals surface area contributed by atoms with Gasteiger partial charge in [0.2, 0.25) is 0 Å². The van der Waals surface area contributed by atoms with E-state index >= 15 is 0 Å². The summed E-state index contributed by atoms with van der Waals surface area (Å²) in [5.41, 5.74) is 1.17. The second-order valence-electron chi connectivity index (χ2n) is 5.21. The predicted molar refractivity (Wildman–Crippen MR) is 68.1 cm³/mol. The van der Waals surface area contributed by atoms with Gasteiger partial charge < -0.3 is 10.6 Å². The van der Waals surface area contributed by atoms with Crippen molar-refractivity contribution in [1.82, 2.24) is 15.5 Å². The van der Waals surface area contributed by atoms with Crippen LogP contribution in [0.4, 0.5) is 5.82 Å². The predicted octanol–water partition coefficient (Wildman–Crippen LogP) is 1.77. The van der Waals surface area contributed by atoms with Crippen molar-refractivity contribution in [2.24, 2.45) is 5.92 Å². The number of aromatic nitrogens is 2. The largest absolute Gasteiger partial charge is 0.368 e. The van der Waals surface area contributed by atoms with Crippen LogP contribution in [-0.2, 0) is 0 Å². The van der Waals surface area contributed by atoms with Crippen LogP contribution < -0.4 is 10.6 Å². The maximum absolute atomic E-state index is 4.32. The van der Waals surface area contributed by atoms with Crippen molar-refractivity contribution < 1.29 is 0 Å². The Kier molecular flexibility index (Phi) is 3.22. The summed E-state index contributed by atoms with van der Waals surface area (Å²) in [6, 6.07) is 4.20. The van der Waals surface area contributed by atoms with Gasteiger partial charge in [0.15, 0.2) is 0 Å². The molecule has 1 saturated carbocycles. The lowest BCUT2D eigenvalue weighted by molar-refractivity contribution is 0.408. The summed E-state index contributed by atoms with van der Waals surface area (Å²) >= 11 is 0. The van der Waals surface area contributed by atoms with E-state index in [1.807, 2.05) is 0 Å². The van der Waals surface area contributed by atoms with E-state index < -0.39 is 0 Å². The Bertz CT molecular complexity index is 352. The summed E-state index contributed by atoms with van der Waals surface area (Å²) in [6.07, 6.45) is 5.19. The topological polar surface area (TPSA) is 49.8 Å². The van der Waals surface area contributed by atoms with Crippen LogP contribution in [0.15, 0.2) is 12.1 Å². The molecule has 1 atom stereocenters. The van der Waals surface area contributed by atoms with E-state index in [4.69, 9.17) is 0 Å². The van der Waals surface area contributed by atoms with E-state index in [1.165, 1.54) is 31.4 Å². The van der Waals surface area contributed by atoms with Crippen molar-refractivity contribution >= 4 is 5.82 Å². The minimum Gasteiger partial charge on any atom is -0.368 e. The highest BCUT2D eigenvalue weighted by Gasteiger charge is 2.21. The van der Waals surface area contributed by atoms with Crippen LogP contribution in [0.25, 0.3) is 0 Å². The van der Waals surface area contributed by atoms with E-state index in [-0.39, 0.29) is 0 Å². The van der Waals surface area contributed by atoms with Crippen LogP contribution in [0, 0.1) is 5.92 Å². The fourth-order valence-corrected chi connectivity index (χ4v) is 2.50. The molecule has 0 spiro atoms. The minimum absolute atomic E-state index is 0.676. The summed E-state index contributed by atoms with van der Waals surface area (Å²) < 4.78 is 0. The molecule has 0 bridgehead atoms. The molecule has 17 heavy (non-hydrogen) atoms. The third-order valence-electron chi connectivity index (χ3n) is 3.94. The Morgan fingerprint density at radius 3 is 2.76 bits per heavy atom. The molecule has 1 aliphatic heterocycles. The molecule has 1 aromatic heterocycles. The molecule has 1 aromatic rings. The van der Waals surface area contributed by atoms with Crippen LogP contribution in [0.3, 0.4) is 0 Å². The second-order valence-corrected chi connectivity index (χ2v) is 5.21. The fraction of sp³-hybridized carbons (Fsp3) is 0.692.